The zero-order valence-electron chi connectivity index (χ0n) is 10.6. The Morgan fingerprint density at radius 2 is 2.29 bits per heavy atom. The number of H-pyrrole nitrogens is 1. The zero-order valence-corrected chi connectivity index (χ0v) is 10.6. The first kappa shape index (κ1) is 11.9. The van der Waals surface area contributed by atoms with Gasteiger partial charge in [0.15, 0.2) is 0 Å². The largest absolute Gasteiger partial charge is 0.342 e. The van der Waals surface area contributed by atoms with Crippen molar-refractivity contribution in [3.63, 3.8) is 0 Å². The monoisotopic (exact) mass is 233 g/mol. The van der Waals surface area contributed by atoms with E-state index in [4.69, 9.17) is 5.73 Å². The van der Waals surface area contributed by atoms with Crippen molar-refractivity contribution in [1.29, 1.82) is 0 Å². The van der Waals surface area contributed by atoms with E-state index in [1.165, 1.54) is 0 Å². The number of nitrogens with two attached hydrogens (primary N) is 1. The van der Waals surface area contributed by atoms with Crippen LogP contribution in [0, 0.1) is 6.92 Å². The van der Waals surface area contributed by atoms with Gasteiger partial charge in [-0.25, -0.2) is 4.98 Å². The molecule has 0 radical (unpaired) electrons. The van der Waals surface area contributed by atoms with Gasteiger partial charge in [-0.05, 0) is 13.3 Å². The number of hydrogen-bond acceptors (Lipinski definition) is 3. The van der Waals surface area contributed by atoms with Crippen LogP contribution < -0.4 is 5.73 Å². The molecule has 3 N–H and O–H groups in total. The molecule has 1 atom stereocenters. The molecule has 0 aliphatic carbocycles. The van der Waals surface area contributed by atoms with E-state index in [9.17, 15) is 0 Å². The number of imidazole rings is 1. The second kappa shape index (κ2) is 4.71. The Morgan fingerprint density at radius 3 is 2.82 bits per heavy atom. The summed E-state index contributed by atoms with van der Waals surface area (Å²) in [5.41, 5.74) is 8.83. The summed E-state index contributed by atoms with van der Waals surface area (Å²) in [4.78, 5) is 7.75. The van der Waals surface area contributed by atoms with Crippen LogP contribution in [0.25, 0.3) is 11.3 Å². The molecule has 0 bridgehead atoms. The summed E-state index contributed by atoms with van der Waals surface area (Å²) in [6.45, 7) is 4.74. The first-order valence-electron chi connectivity index (χ1n) is 5.91. The summed E-state index contributed by atoms with van der Waals surface area (Å²) in [5, 5.41) is 4.33. The van der Waals surface area contributed by atoms with Crippen molar-refractivity contribution in [3.05, 3.63) is 23.9 Å². The van der Waals surface area contributed by atoms with Crippen LogP contribution in [0.5, 0.6) is 0 Å². The molecule has 0 saturated carbocycles. The third-order valence-electron chi connectivity index (χ3n) is 3.06. The third-order valence-corrected chi connectivity index (χ3v) is 3.06. The molecule has 0 spiro atoms. The van der Waals surface area contributed by atoms with Gasteiger partial charge in [-0.15, -0.1) is 0 Å². The van der Waals surface area contributed by atoms with E-state index in [1.54, 1.807) is 0 Å². The molecule has 0 fully saturated rings. The molecule has 0 aliphatic heterocycles. The van der Waals surface area contributed by atoms with Gasteiger partial charge in [0.2, 0.25) is 0 Å². The molecule has 2 rings (SSSR count). The quantitative estimate of drug-likeness (QED) is 0.842. The van der Waals surface area contributed by atoms with Crippen LogP contribution in [-0.4, -0.2) is 26.3 Å². The van der Waals surface area contributed by atoms with E-state index >= 15 is 0 Å². The Hall–Kier alpha value is -1.62. The first-order valence-corrected chi connectivity index (χ1v) is 5.91. The predicted molar refractivity (Wildman–Crippen MR) is 67.6 cm³/mol. The SMILES string of the molecule is CCC(CN)c1ncc(-c2cn(C)nc2C)[nH]1. The Kier molecular flexibility index (Phi) is 3.28. The number of aromatic nitrogens is 4. The van der Waals surface area contributed by atoms with Crippen LogP contribution >= 0.6 is 0 Å². The van der Waals surface area contributed by atoms with E-state index in [2.05, 4.69) is 22.0 Å². The molecule has 2 heterocycles. The Bertz CT molecular complexity index is 493. The van der Waals surface area contributed by atoms with Gasteiger partial charge < -0.3 is 10.7 Å². The van der Waals surface area contributed by atoms with Crippen molar-refractivity contribution in [2.45, 2.75) is 26.2 Å². The molecule has 92 valence electrons. The van der Waals surface area contributed by atoms with Gasteiger partial charge >= 0.3 is 0 Å². The lowest BCUT2D eigenvalue weighted by atomic mass is 10.1. The average molecular weight is 233 g/mol. The minimum Gasteiger partial charge on any atom is -0.342 e. The van der Waals surface area contributed by atoms with Crippen LogP contribution in [0.3, 0.4) is 0 Å². The number of aryl methyl sites for hydroxylation is 2. The topological polar surface area (TPSA) is 72.5 Å². The molecule has 5 heteroatoms. The summed E-state index contributed by atoms with van der Waals surface area (Å²) in [6.07, 6.45) is 4.85. The highest BCUT2D eigenvalue weighted by Gasteiger charge is 2.14. The summed E-state index contributed by atoms with van der Waals surface area (Å²) in [6, 6.07) is 0. The van der Waals surface area contributed by atoms with Gasteiger partial charge in [0.1, 0.15) is 5.82 Å². The second-order valence-corrected chi connectivity index (χ2v) is 4.32. The fraction of sp³-hybridized carbons (Fsp3) is 0.500. The predicted octanol–water partition coefficient (Wildman–Crippen LogP) is 1.57. The smallest absolute Gasteiger partial charge is 0.110 e. The second-order valence-electron chi connectivity index (χ2n) is 4.32. The van der Waals surface area contributed by atoms with Crippen molar-refractivity contribution < 1.29 is 0 Å². The minimum absolute atomic E-state index is 0.306. The molecular formula is C12H19N5. The van der Waals surface area contributed by atoms with Gasteiger partial charge in [0.25, 0.3) is 0 Å². The summed E-state index contributed by atoms with van der Waals surface area (Å²) < 4.78 is 1.81. The lowest BCUT2D eigenvalue weighted by molar-refractivity contribution is 0.639. The van der Waals surface area contributed by atoms with E-state index in [1.807, 2.05) is 31.0 Å². The molecule has 2 aromatic rings. The normalized spacial score (nSPS) is 12.9. The summed E-state index contributed by atoms with van der Waals surface area (Å²) in [7, 11) is 1.92. The summed E-state index contributed by atoms with van der Waals surface area (Å²) >= 11 is 0. The van der Waals surface area contributed by atoms with E-state index in [0.29, 0.717) is 12.5 Å². The molecule has 0 aromatic carbocycles. The first-order chi connectivity index (χ1) is 8.15. The Morgan fingerprint density at radius 1 is 1.53 bits per heavy atom. The number of hydrogen-bond donors (Lipinski definition) is 2. The fourth-order valence-electron chi connectivity index (χ4n) is 2.02. The van der Waals surface area contributed by atoms with Gasteiger partial charge in [-0.1, -0.05) is 6.92 Å². The standard InChI is InChI=1S/C12H19N5/c1-4-9(5-13)12-14-6-11(15-12)10-7-17(3)16-8(10)2/h6-7,9H,4-5,13H2,1-3H3,(H,14,15). The number of rotatable bonds is 4. The van der Waals surface area contributed by atoms with Gasteiger partial charge in [0.05, 0.1) is 17.6 Å². The summed E-state index contributed by atoms with van der Waals surface area (Å²) in [5.74, 6) is 1.27. The maximum absolute atomic E-state index is 5.72. The average Bonchev–Trinajstić information content (AvgIpc) is 2.87. The van der Waals surface area contributed by atoms with Crippen molar-refractivity contribution >= 4 is 0 Å². The zero-order chi connectivity index (χ0) is 12.4. The highest BCUT2D eigenvalue weighted by Crippen LogP contribution is 2.23. The highest BCUT2D eigenvalue weighted by molar-refractivity contribution is 5.60. The molecule has 5 nitrogen and oxygen atoms in total. The number of nitrogens with zero attached hydrogens (tertiary/aromatic N) is 3. The lowest BCUT2D eigenvalue weighted by Gasteiger charge is -2.07. The number of nitrogens with one attached hydrogen (secondary N) is 1. The van der Waals surface area contributed by atoms with Crippen molar-refractivity contribution in [1.82, 2.24) is 19.7 Å². The van der Waals surface area contributed by atoms with Gasteiger partial charge in [0, 0.05) is 31.3 Å². The van der Waals surface area contributed by atoms with E-state index < -0.39 is 0 Å². The molecule has 2 aromatic heterocycles. The third kappa shape index (κ3) is 2.24. The van der Waals surface area contributed by atoms with Crippen molar-refractivity contribution in [3.8, 4) is 11.3 Å². The molecular weight excluding hydrogens is 214 g/mol. The van der Waals surface area contributed by atoms with Crippen molar-refractivity contribution in [2.24, 2.45) is 12.8 Å². The van der Waals surface area contributed by atoms with Crippen molar-refractivity contribution in [2.75, 3.05) is 6.54 Å². The van der Waals surface area contributed by atoms with Gasteiger partial charge in [-0.3, -0.25) is 4.68 Å². The Labute approximate surface area is 101 Å². The minimum atomic E-state index is 0.306. The molecule has 1 unspecified atom stereocenters. The van der Waals surface area contributed by atoms with Gasteiger partial charge in [-0.2, -0.15) is 5.10 Å². The van der Waals surface area contributed by atoms with Crippen LogP contribution in [0.15, 0.2) is 12.4 Å². The van der Waals surface area contributed by atoms with Crippen LogP contribution in [-0.2, 0) is 7.05 Å². The molecule has 17 heavy (non-hydrogen) atoms. The fourth-order valence-corrected chi connectivity index (χ4v) is 2.02. The van der Waals surface area contributed by atoms with Crippen LogP contribution in [0.1, 0.15) is 30.8 Å². The highest BCUT2D eigenvalue weighted by atomic mass is 15.2. The molecule has 0 amide bonds. The lowest BCUT2D eigenvalue weighted by Crippen LogP contribution is -2.12. The maximum atomic E-state index is 5.72. The maximum Gasteiger partial charge on any atom is 0.110 e. The molecule has 0 saturated heterocycles. The Balaban J connectivity index is 2.32. The van der Waals surface area contributed by atoms with E-state index in [0.717, 1.165) is 29.2 Å². The van der Waals surface area contributed by atoms with Crippen LogP contribution in [0.2, 0.25) is 0 Å². The van der Waals surface area contributed by atoms with E-state index in [-0.39, 0.29) is 0 Å². The van der Waals surface area contributed by atoms with Crippen LogP contribution in [0.4, 0.5) is 0 Å². The number of aromatic amines is 1. The molecule has 0 aliphatic rings.